The van der Waals surface area contributed by atoms with Gasteiger partial charge in [0.1, 0.15) is 5.82 Å². The van der Waals surface area contributed by atoms with Gasteiger partial charge >= 0.3 is 0 Å². The number of nitrogens with one attached hydrogen (secondary N) is 1. The van der Waals surface area contributed by atoms with Gasteiger partial charge in [0.05, 0.1) is 17.6 Å². The smallest absolute Gasteiger partial charge is 0.173 e. The zero-order valence-corrected chi connectivity index (χ0v) is 14.8. The number of nitrogens with zero attached hydrogens (tertiary/aromatic N) is 4. The van der Waals surface area contributed by atoms with Crippen LogP contribution in [-0.4, -0.2) is 50.9 Å². The minimum Gasteiger partial charge on any atom is -0.346 e. The van der Waals surface area contributed by atoms with Crippen molar-refractivity contribution in [2.45, 2.75) is 13.5 Å². The highest BCUT2D eigenvalue weighted by atomic mass is 32.1. The van der Waals surface area contributed by atoms with E-state index in [1.54, 1.807) is 6.20 Å². The van der Waals surface area contributed by atoms with Gasteiger partial charge < -0.3 is 10.2 Å². The summed E-state index contributed by atoms with van der Waals surface area (Å²) < 4.78 is 14.8. The Labute approximate surface area is 147 Å². The fourth-order valence-electron chi connectivity index (χ4n) is 2.77. The van der Waals surface area contributed by atoms with Crippen molar-refractivity contribution in [2.24, 2.45) is 7.05 Å². The molecule has 2 heterocycles. The highest BCUT2D eigenvalue weighted by Gasteiger charge is 2.19. The van der Waals surface area contributed by atoms with Crippen LogP contribution in [0.3, 0.4) is 0 Å². The molecule has 0 spiro atoms. The second-order valence-corrected chi connectivity index (χ2v) is 6.47. The van der Waals surface area contributed by atoms with Gasteiger partial charge in [-0.15, -0.1) is 0 Å². The van der Waals surface area contributed by atoms with Crippen LogP contribution in [0.5, 0.6) is 0 Å². The molecular weight excluding hydrogens is 325 g/mol. The van der Waals surface area contributed by atoms with Crippen LogP contribution in [0.25, 0.3) is 0 Å². The molecule has 1 aromatic heterocycles. The third-order valence-electron chi connectivity index (χ3n) is 4.46. The lowest BCUT2D eigenvalue weighted by Gasteiger charge is -2.36. The molecule has 1 aliphatic rings. The number of thiocarbonyl (C=S) groups is 1. The van der Waals surface area contributed by atoms with Crippen molar-refractivity contribution in [3.63, 3.8) is 0 Å². The first kappa shape index (κ1) is 16.9. The first-order valence-corrected chi connectivity index (χ1v) is 8.45. The predicted molar refractivity (Wildman–Crippen MR) is 97.4 cm³/mol. The van der Waals surface area contributed by atoms with Gasteiger partial charge in [-0.25, -0.2) is 4.39 Å². The average molecular weight is 347 g/mol. The molecule has 24 heavy (non-hydrogen) atoms. The Bertz CT molecular complexity index is 704. The molecule has 1 aromatic carbocycles. The maximum Gasteiger partial charge on any atom is 0.173 e. The lowest BCUT2D eigenvalue weighted by molar-refractivity contribution is 0.177. The van der Waals surface area contributed by atoms with Crippen molar-refractivity contribution < 1.29 is 4.39 Å². The van der Waals surface area contributed by atoms with E-state index >= 15 is 0 Å². The van der Waals surface area contributed by atoms with Gasteiger partial charge in [0.2, 0.25) is 0 Å². The van der Waals surface area contributed by atoms with Crippen molar-refractivity contribution in [3.8, 4) is 0 Å². The van der Waals surface area contributed by atoms with Crippen molar-refractivity contribution in [1.82, 2.24) is 19.6 Å². The highest BCUT2D eigenvalue weighted by molar-refractivity contribution is 7.80. The zero-order valence-electron chi connectivity index (χ0n) is 14.0. The minimum atomic E-state index is -0.189. The number of benzene rings is 1. The van der Waals surface area contributed by atoms with E-state index in [0.29, 0.717) is 0 Å². The number of anilines is 1. The Kier molecular flexibility index (Phi) is 5.11. The molecule has 0 bridgehead atoms. The van der Waals surface area contributed by atoms with Crippen LogP contribution in [0.4, 0.5) is 10.1 Å². The van der Waals surface area contributed by atoms with Crippen molar-refractivity contribution >= 4 is 23.0 Å². The number of piperazine rings is 1. The summed E-state index contributed by atoms with van der Waals surface area (Å²) in [4.78, 5) is 4.55. The zero-order chi connectivity index (χ0) is 17.1. The molecule has 0 radical (unpaired) electrons. The molecule has 0 aliphatic carbocycles. The first-order valence-electron chi connectivity index (χ1n) is 8.04. The number of halogens is 1. The third kappa shape index (κ3) is 3.91. The van der Waals surface area contributed by atoms with Crippen molar-refractivity contribution in [2.75, 3.05) is 31.5 Å². The van der Waals surface area contributed by atoms with E-state index in [1.165, 1.54) is 12.1 Å². The second kappa shape index (κ2) is 7.27. The monoisotopic (exact) mass is 347 g/mol. The van der Waals surface area contributed by atoms with Gasteiger partial charge in [0, 0.05) is 39.8 Å². The van der Waals surface area contributed by atoms with Crippen molar-refractivity contribution in [3.05, 3.63) is 47.5 Å². The maximum atomic E-state index is 13.0. The molecule has 0 saturated carbocycles. The quantitative estimate of drug-likeness (QED) is 0.863. The molecule has 0 amide bonds. The van der Waals surface area contributed by atoms with Crippen LogP contribution in [0.2, 0.25) is 0 Å². The number of hydrogen-bond acceptors (Lipinski definition) is 3. The normalized spacial score (nSPS) is 15.5. The molecule has 5 nitrogen and oxygen atoms in total. The van der Waals surface area contributed by atoms with Crippen LogP contribution in [0.1, 0.15) is 11.3 Å². The van der Waals surface area contributed by atoms with Crippen LogP contribution in [-0.2, 0) is 13.6 Å². The SMILES string of the molecule is Cc1c(NC(=S)N2CCN(Cc3ccc(F)cc3)CC2)cnn1C. The minimum absolute atomic E-state index is 0.189. The Morgan fingerprint density at radius 2 is 1.88 bits per heavy atom. The molecule has 1 saturated heterocycles. The Hall–Kier alpha value is -1.99. The lowest BCUT2D eigenvalue weighted by Crippen LogP contribution is -2.49. The highest BCUT2D eigenvalue weighted by Crippen LogP contribution is 2.15. The van der Waals surface area contributed by atoms with E-state index in [2.05, 4.69) is 20.2 Å². The van der Waals surface area contributed by atoms with Gasteiger partial charge in [0.15, 0.2) is 5.11 Å². The van der Waals surface area contributed by atoms with Gasteiger partial charge in [-0.2, -0.15) is 5.10 Å². The number of hydrogen-bond donors (Lipinski definition) is 1. The number of aromatic nitrogens is 2. The summed E-state index contributed by atoms with van der Waals surface area (Å²) in [6, 6.07) is 6.72. The Morgan fingerprint density at radius 1 is 1.21 bits per heavy atom. The van der Waals surface area contributed by atoms with Gasteiger partial charge in [-0.3, -0.25) is 9.58 Å². The van der Waals surface area contributed by atoms with E-state index in [9.17, 15) is 4.39 Å². The summed E-state index contributed by atoms with van der Waals surface area (Å²) in [5.41, 5.74) is 3.15. The molecule has 1 aliphatic heterocycles. The first-order chi connectivity index (χ1) is 11.5. The van der Waals surface area contributed by atoms with E-state index < -0.39 is 0 Å². The molecule has 3 rings (SSSR count). The molecule has 1 N–H and O–H groups in total. The molecule has 0 unspecified atom stereocenters. The molecule has 2 aromatic rings. The number of aryl methyl sites for hydroxylation is 1. The molecule has 128 valence electrons. The average Bonchev–Trinajstić information content (AvgIpc) is 2.90. The summed E-state index contributed by atoms with van der Waals surface area (Å²) in [7, 11) is 1.91. The van der Waals surface area contributed by atoms with Gasteiger partial charge in [0.25, 0.3) is 0 Å². The van der Waals surface area contributed by atoms with E-state index in [4.69, 9.17) is 12.2 Å². The Balaban J connectivity index is 1.50. The van der Waals surface area contributed by atoms with E-state index in [0.717, 1.165) is 54.8 Å². The lowest BCUT2D eigenvalue weighted by atomic mass is 10.2. The van der Waals surface area contributed by atoms with Gasteiger partial charge in [-0.05, 0) is 36.8 Å². The fraction of sp³-hybridized carbons (Fsp3) is 0.412. The molecule has 1 fully saturated rings. The number of rotatable bonds is 3. The topological polar surface area (TPSA) is 36.3 Å². The summed E-state index contributed by atoms with van der Waals surface area (Å²) in [5.74, 6) is -0.189. The molecule has 7 heteroatoms. The summed E-state index contributed by atoms with van der Waals surface area (Å²) >= 11 is 5.53. The summed E-state index contributed by atoms with van der Waals surface area (Å²) in [6.45, 7) is 6.49. The van der Waals surface area contributed by atoms with Crippen molar-refractivity contribution in [1.29, 1.82) is 0 Å². The van der Waals surface area contributed by atoms with E-state index in [1.807, 2.05) is 30.8 Å². The summed E-state index contributed by atoms with van der Waals surface area (Å²) in [6.07, 6.45) is 1.80. The van der Waals surface area contributed by atoms with Crippen LogP contribution in [0, 0.1) is 12.7 Å². The van der Waals surface area contributed by atoms with Crippen LogP contribution in [0.15, 0.2) is 30.5 Å². The van der Waals surface area contributed by atoms with Crippen LogP contribution >= 0.6 is 12.2 Å². The third-order valence-corrected chi connectivity index (χ3v) is 4.82. The predicted octanol–water partition coefficient (Wildman–Crippen LogP) is 2.38. The fourth-order valence-corrected chi connectivity index (χ4v) is 3.07. The second-order valence-electron chi connectivity index (χ2n) is 6.09. The maximum absolute atomic E-state index is 13.0. The molecular formula is C17H22FN5S. The van der Waals surface area contributed by atoms with Crippen LogP contribution < -0.4 is 5.32 Å². The summed E-state index contributed by atoms with van der Waals surface area (Å²) in [5, 5.41) is 8.25. The van der Waals surface area contributed by atoms with E-state index in [-0.39, 0.29) is 5.82 Å². The van der Waals surface area contributed by atoms with Gasteiger partial charge in [-0.1, -0.05) is 12.1 Å². The standard InChI is InChI=1S/C17H22FN5S/c1-13-16(11-19-21(13)2)20-17(24)23-9-7-22(8-10-23)12-14-3-5-15(18)6-4-14/h3-6,11H,7-10,12H2,1-2H3,(H,20,24). The molecule has 0 atom stereocenters. The largest absolute Gasteiger partial charge is 0.346 e. The Morgan fingerprint density at radius 3 is 2.46 bits per heavy atom.